The highest BCUT2D eigenvalue weighted by molar-refractivity contribution is 5.94. The number of phenols is 1. The van der Waals surface area contributed by atoms with Crippen LogP contribution in [0.3, 0.4) is 0 Å². The van der Waals surface area contributed by atoms with E-state index in [0.717, 1.165) is 37.2 Å². The first-order valence-corrected chi connectivity index (χ1v) is 10.5. The van der Waals surface area contributed by atoms with Crippen molar-refractivity contribution in [3.63, 3.8) is 0 Å². The number of hydrogen-bond acceptors (Lipinski definition) is 5. The zero-order valence-corrected chi connectivity index (χ0v) is 18.5. The van der Waals surface area contributed by atoms with E-state index in [9.17, 15) is 9.90 Å². The quantitative estimate of drug-likeness (QED) is 0.594. The molecule has 3 rings (SSSR count). The summed E-state index contributed by atoms with van der Waals surface area (Å²) in [6.07, 6.45) is 2.17. The average molecular weight is 411 g/mol. The van der Waals surface area contributed by atoms with Crippen molar-refractivity contribution < 1.29 is 14.7 Å². The molecule has 0 aliphatic carbocycles. The molecular formula is C25H34N2O3. The molecule has 1 aliphatic heterocycles. The minimum atomic E-state index is 0.0904. The van der Waals surface area contributed by atoms with Crippen LogP contribution in [0, 0.1) is 5.41 Å². The summed E-state index contributed by atoms with van der Waals surface area (Å²) >= 11 is 0. The summed E-state index contributed by atoms with van der Waals surface area (Å²) in [7, 11) is 0. The third kappa shape index (κ3) is 5.08. The van der Waals surface area contributed by atoms with Crippen LogP contribution in [0.15, 0.2) is 48.5 Å². The summed E-state index contributed by atoms with van der Waals surface area (Å²) in [5.41, 5.74) is 3.23. The third-order valence-corrected chi connectivity index (χ3v) is 6.21. The topological polar surface area (TPSA) is 69.6 Å². The van der Waals surface area contributed by atoms with Gasteiger partial charge >= 0.3 is 0 Å². The molecule has 1 heterocycles. The molecule has 1 saturated heterocycles. The van der Waals surface area contributed by atoms with Gasteiger partial charge in [0.2, 0.25) is 0 Å². The Morgan fingerprint density at radius 1 is 1.23 bits per heavy atom. The number of benzene rings is 2. The number of Topliss-reactive ketones (excluding diaryl/α,β-unsaturated/α-hetero) is 1. The maximum absolute atomic E-state index is 11.6. The average Bonchev–Trinajstić information content (AvgIpc) is 2.73. The minimum Gasteiger partial charge on any atom is -0.508 e. The van der Waals surface area contributed by atoms with E-state index < -0.39 is 0 Å². The van der Waals surface area contributed by atoms with Gasteiger partial charge < -0.3 is 15.2 Å². The lowest BCUT2D eigenvalue weighted by molar-refractivity contribution is -0.103. The number of rotatable bonds is 8. The summed E-state index contributed by atoms with van der Waals surface area (Å²) in [5.74, 6) is 0.404. The predicted molar refractivity (Wildman–Crippen MR) is 122 cm³/mol. The van der Waals surface area contributed by atoms with Gasteiger partial charge in [-0.25, -0.2) is 0 Å². The predicted octanol–water partition coefficient (Wildman–Crippen LogP) is 5.07. The van der Waals surface area contributed by atoms with Crippen molar-refractivity contribution in [1.82, 2.24) is 4.90 Å². The molecule has 162 valence electrons. The number of anilines is 1. The fraction of sp³-hybridized carbons (Fsp3) is 0.440. The highest BCUT2D eigenvalue weighted by Crippen LogP contribution is 2.54. The van der Waals surface area contributed by atoms with Crippen LogP contribution >= 0.6 is 0 Å². The fourth-order valence-electron chi connectivity index (χ4n) is 4.46. The standard InChI is InChI=1S/C24H32N2O2.CH2O/c1-5-24(13-14-25-21-8-6-7-20(15-21)18(4)27)16-26(17(2)3)23(24)19-9-11-22(28)12-10-19;1-2/h6-12,15,17,23,25,28H,5,13-14,16H2,1-4H3;1H2. The van der Waals surface area contributed by atoms with Gasteiger partial charge in [0, 0.05) is 41.8 Å². The lowest BCUT2D eigenvalue weighted by atomic mass is 9.64. The number of carbonyl (C=O) groups is 2. The maximum Gasteiger partial charge on any atom is 0.159 e. The Labute approximate surface area is 180 Å². The summed E-state index contributed by atoms with van der Waals surface area (Å²) in [5, 5.41) is 13.2. The Morgan fingerprint density at radius 3 is 2.47 bits per heavy atom. The number of aromatic hydroxyl groups is 1. The number of carbonyl (C=O) groups excluding carboxylic acids is 2. The lowest BCUT2D eigenvalue weighted by Crippen LogP contribution is -2.61. The molecule has 30 heavy (non-hydrogen) atoms. The van der Waals surface area contributed by atoms with Crippen LogP contribution < -0.4 is 5.32 Å². The van der Waals surface area contributed by atoms with Crippen LogP contribution in [-0.4, -0.2) is 41.7 Å². The number of hydrogen-bond donors (Lipinski definition) is 2. The smallest absolute Gasteiger partial charge is 0.159 e. The molecule has 1 aliphatic rings. The van der Waals surface area contributed by atoms with Gasteiger partial charge in [0.15, 0.2) is 5.78 Å². The normalized spacial score (nSPS) is 20.8. The number of likely N-dealkylation sites (tertiary alicyclic amines) is 1. The van der Waals surface area contributed by atoms with E-state index in [2.05, 4.69) is 43.1 Å². The minimum absolute atomic E-state index is 0.0904. The van der Waals surface area contributed by atoms with Gasteiger partial charge in [0.1, 0.15) is 12.5 Å². The molecule has 1 fully saturated rings. The molecule has 0 saturated carbocycles. The molecule has 0 amide bonds. The fourth-order valence-corrected chi connectivity index (χ4v) is 4.46. The number of phenolic OH excluding ortho intramolecular Hbond substituents is 1. The van der Waals surface area contributed by atoms with Crippen LogP contribution in [0.25, 0.3) is 0 Å². The molecule has 2 unspecified atom stereocenters. The molecule has 2 aromatic rings. The van der Waals surface area contributed by atoms with Crippen LogP contribution in [0.1, 0.15) is 62.5 Å². The van der Waals surface area contributed by atoms with E-state index >= 15 is 0 Å². The first kappa shape index (κ1) is 23.6. The lowest BCUT2D eigenvalue weighted by Gasteiger charge is -2.60. The second kappa shape index (κ2) is 10.4. The molecule has 0 bridgehead atoms. The van der Waals surface area contributed by atoms with Crippen molar-refractivity contribution in [2.75, 3.05) is 18.4 Å². The Kier molecular flexibility index (Phi) is 8.18. The number of nitrogens with zero attached hydrogens (tertiary/aromatic N) is 1. The van der Waals surface area contributed by atoms with Crippen molar-refractivity contribution >= 4 is 18.3 Å². The van der Waals surface area contributed by atoms with Gasteiger partial charge in [-0.3, -0.25) is 9.69 Å². The van der Waals surface area contributed by atoms with Crippen molar-refractivity contribution in [1.29, 1.82) is 0 Å². The highest BCUT2D eigenvalue weighted by atomic mass is 16.3. The Morgan fingerprint density at radius 2 is 1.90 bits per heavy atom. The molecule has 2 N–H and O–H groups in total. The SMILES string of the molecule is C=O.CCC1(CCNc2cccc(C(C)=O)c2)CN(C(C)C)C1c1ccc(O)cc1. The molecule has 0 radical (unpaired) electrons. The maximum atomic E-state index is 11.6. The van der Waals surface area contributed by atoms with Crippen LogP contribution in [0.2, 0.25) is 0 Å². The highest BCUT2D eigenvalue weighted by Gasteiger charge is 2.52. The molecule has 0 spiro atoms. The molecule has 2 atom stereocenters. The van der Waals surface area contributed by atoms with E-state index in [1.54, 1.807) is 19.1 Å². The zero-order valence-electron chi connectivity index (χ0n) is 18.5. The Bertz CT molecular complexity index is 835. The van der Waals surface area contributed by atoms with E-state index in [1.165, 1.54) is 5.56 Å². The zero-order chi connectivity index (χ0) is 22.3. The van der Waals surface area contributed by atoms with E-state index in [0.29, 0.717) is 17.8 Å². The second-order valence-corrected chi connectivity index (χ2v) is 8.29. The van der Waals surface area contributed by atoms with Gasteiger partial charge in [0.25, 0.3) is 0 Å². The van der Waals surface area contributed by atoms with Crippen molar-refractivity contribution in [3.05, 3.63) is 59.7 Å². The summed E-state index contributed by atoms with van der Waals surface area (Å²) < 4.78 is 0. The van der Waals surface area contributed by atoms with E-state index in [-0.39, 0.29) is 11.2 Å². The number of nitrogens with one attached hydrogen (secondary N) is 1. The molecule has 0 aromatic heterocycles. The van der Waals surface area contributed by atoms with Crippen molar-refractivity contribution in [2.24, 2.45) is 5.41 Å². The van der Waals surface area contributed by atoms with Gasteiger partial charge in [-0.1, -0.05) is 31.2 Å². The van der Waals surface area contributed by atoms with Gasteiger partial charge in [-0.15, -0.1) is 0 Å². The van der Waals surface area contributed by atoms with Crippen molar-refractivity contribution in [2.45, 2.75) is 52.6 Å². The third-order valence-electron chi connectivity index (χ3n) is 6.21. The van der Waals surface area contributed by atoms with E-state index in [4.69, 9.17) is 4.79 Å². The first-order chi connectivity index (χ1) is 14.4. The second-order valence-electron chi connectivity index (χ2n) is 8.29. The molecular weight excluding hydrogens is 376 g/mol. The molecule has 2 aromatic carbocycles. The van der Waals surface area contributed by atoms with Gasteiger partial charge in [-0.05, 0) is 63.4 Å². The van der Waals surface area contributed by atoms with Gasteiger partial charge in [0.05, 0.1) is 0 Å². The Hall–Kier alpha value is -2.66. The van der Waals surface area contributed by atoms with Crippen LogP contribution in [-0.2, 0) is 4.79 Å². The van der Waals surface area contributed by atoms with Crippen LogP contribution in [0.4, 0.5) is 5.69 Å². The van der Waals surface area contributed by atoms with Crippen LogP contribution in [0.5, 0.6) is 5.75 Å². The van der Waals surface area contributed by atoms with E-state index in [1.807, 2.05) is 31.1 Å². The van der Waals surface area contributed by atoms with Crippen molar-refractivity contribution in [3.8, 4) is 5.75 Å². The summed E-state index contributed by atoms with van der Waals surface area (Å²) in [4.78, 5) is 22.2. The largest absolute Gasteiger partial charge is 0.508 e. The number of ketones is 1. The van der Waals surface area contributed by atoms with Gasteiger partial charge in [-0.2, -0.15) is 0 Å². The first-order valence-electron chi connectivity index (χ1n) is 10.5. The molecule has 5 nitrogen and oxygen atoms in total. The summed E-state index contributed by atoms with van der Waals surface area (Å²) in [6, 6.07) is 16.3. The monoisotopic (exact) mass is 410 g/mol. The Balaban J connectivity index is 0.00000155. The summed E-state index contributed by atoms with van der Waals surface area (Å²) in [6.45, 7) is 12.3. The molecule has 5 heteroatoms.